The average molecular weight is 251 g/mol. The summed E-state index contributed by atoms with van der Waals surface area (Å²) in [7, 11) is 0. The van der Waals surface area contributed by atoms with Gasteiger partial charge in [0.2, 0.25) is 5.91 Å². The van der Waals surface area contributed by atoms with Gasteiger partial charge in [-0.15, -0.1) is 0 Å². The molecule has 2 saturated carbocycles. The van der Waals surface area contributed by atoms with Crippen molar-refractivity contribution in [2.24, 2.45) is 11.8 Å². The molecule has 1 amide bonds. The van der Waals surface area contributed by atoms with Crippen LogP contribution < -0.4 is 0 Å². The Labute approximate surface area is 110 Å². The van der Waals surface area contributed by atoms with E-state index in [1.807, 2.05) is 0 Å². The summed E-state index contributed by atoms with van der Waals surface area (Å²) in [6, 6.07) is 0.339. The molecule has 0 spiro atoms. The van der Waals surface area contributed by atoms with Crippen LogP contribution in [-0.2, 0) is 4.79 Å². The third-order valence-electron chi connectivity index (χ3n) is 5.06. The molecule has 0 aromatic heterocycles. The Kier molecular flexibility index (Phi) is 3.60. The largest absolute Gasteiger partial charge is 0.393 e. The molecule has 2 aliphatic carbocycles. The van der Waals surface area contributed by atoms with Crippen LogP contribution in [0, 0.1) is 11.8 Å². The van der Waals surface area contributed by atoms with E-state index in [1.54, 1.807) is 0 Å². The molecule has 1 N–H and O–H groups in total. The van der Waals surface area contributed by atoms with Crippen LogP contribution in [-0.4, -0.2) is 34.6 Å². The molecule has 1 heterocycles. The number of amides is 1. The standard InChI is InChI=1S/C15H25NO2/c17-14-6-2-1-4-12(14)13-5-3-9-16(13)15(18)10-11-7-8-11/h11-14,17H,1-10H2. The first-order chi connectivity index (χ1) is 8.75. The zero-order valence-corrected chi connectivity index (χ0v) is 11.2. The van der Waals surface area contributed by atoms with E-state index in [0.29, 0.717) is 23.8 Å². The van der Waals surface area contributed by atoms with Crippen molar-refractivity contribution in [1.29, 1.82) is 0 Å². The Morgan fingerprint density at radius 3 is 2.56 bits per heavy atom. The Bertz CT molecular complexity index is 314. The van der Waals surface area contributed by atoms with E-state index in [9.17, 15) is 9.90 Å². The first kappa shape index (κ1) is 12.5. The lowest BCUT2D eigenvalue weighted by Crippen LogP contribution is -2.45. The minimum absolute atomic E-state index is 0.168. The highest BCUT2D eigenvalue weighted by Gasteiger charge is 2.39. The number of aliphatic hydroxyl groups is 1. The second-order valence-corrected chi connectivity index (χ2v) is 6.46. The van der Waals surface area contributed by atoms with Crippen LogP contribution in [0.3, 0.4) is 0 Å². The Hall–Kier alpha value is -0.570. The Balaban J connectivity index is 1.63. The number of carbonyl (C=O) groups is 1. The third kappa shape index (κ3) is 2.56. The first-order valence-electron chi connectivity index (χ1n) is 7.73. The number of hydrogen-bond acceptors (Lipinski definition) is 2. The molecular formula is C15H25NO2. The van der Waals surface area contributed by atoms with Gasteiger partial charge in [-0.1, -0.05) is 12.8 Å². The van der Waals surface area contributed by atoms with Crippen molar-refractivity contribution < 1.29 is 9.90 Å². The van der Waals surface area contributed by atoms with Gasteiger partial charge in [0.25, 0.3) is 0 Å². The second-order valence-electron chi connectivity index (χ2n) is 6.46. The lowest BCUT2D eigenvalue weighted by atomic mass is 9.80. The Morgan fingerprint density at radius 2 is 1.83 bits per heavy atom. The second kappa shape index (κ2) is 5.20. The van der Waals surface area contributed by atoms with Crippen molar-refractivity contribution in [3.8, 4) is 0 Å². The van der Waals surface area contributed by atoms with Crippen molar-refractivity contribution in [2.75, 3.05) is 6.54 Å². The molecule has 18 heavy (non-hydrogen) atoms. The number of rotatable bonds is 3. The van der Waals surface area contributed by atoms with E-state index in [2.05, 4.69) is 4.90 Å². The maximum absolute atomic E-state index is 12.3. The maximum atomic E-state index is 12.3. The van der Waals surface area contributed by atoms with E-state index < -0.39 is 0 Å². The number of nitrogens with zero attached hydrogens (tertiary/aromatic N) is 1. The van der Waals surface area contributed by atoms with Crippen molar-refractivity contribution >= 4 is 5.91 Å². The fraction of sp³-hybridized carbons (Fsp3) is 0.933. The van der Waals surface area contributed by atoms with E-state index in [-0.39, 0.29) is 6.10 Å². The van der Waals surface area contributed by atoms with Crippen molar-refractivity contribution in [3.63, 3.8) is 0 Å². The number of likely N-dealkylation sites (tertiary alicyclic amines) is 1. The van der Waals surface area contributed by atoms with Gasteiger partial charge in [0, 0.05) is 24.9 Å². The number of aliphatic hydroxyl groups excluding tert-OH is 1. The average Bonchev–Trinajstić information content (AvgIpc) is 3.04. The minimum Gasteiger partial charge on any atom is -0.393 e. The van der Waals surface area contributed by atoms with Gasteiger partial charge >= 0.3 is 0 Å². The van der Waals surface area contributed by atoms with Gasteiger partial charge in [-0.3, -0.25) is 4.79 Å². The molecule has 3 nitrogen and oxygen atoms in total. The number of carbonyl (C=O) groups excluding carboxylic acids is 1. The summed E-state index contributed by atoms with van der Waals surface area (Å²) in [5.41, 5.74) is 0. The summed E-state index contributed by atoms with van der Waals surface area (Å²) in [6.45, 7) is 0.930. The molecule has 0 aromatic rings. The molecular weight excluding hydrogens is 226 g/mol. The van der Waals surface area contributed by atoms with Gasteiger partial charge in [0.05, 0.1) is 6.10 Å². The van der Waals surface area contributed by atoms with Gasteiger partial charge in [-0.25, -0.2) is 0 Å². The monoisotopic (exact) mass is 251 g/mol. The predicted octanol–water partition coefficient (Wildman–Crippen LogP) is 2.33. The Morgan fingerprint density at radius 1 is 1.06 bits per heavy atom. The summed E-state index contributed by atoms with van der Waals surface area (Å²) in [5.74, 6) is 1.39. The lowest BCUT2D eigenvalue weighted by Gasteiger charge is -2.37. The van der Waals surface area contributed by atoms with Crippen LogP contribution in [0.5, 0.6) is 0 Å². The van der Waals surface area contributed by atoms with Crippen LogP contribution in [0.25, 0.3) is 0 Å². The fourth-order valence-corrected chi connectivity index (χ4v) is 3.82. The molecule has 3 fully saturated rings. The summed E-state index contributed by atoms with van der Waals surface area (Å²) in [5, 5.41) is 10.2. The molecule has 3 rings (SSSR count). The van der Waals surface area contributed by atoms with Crippen molar-refractivity contribution in [2.45, 2.75) is 69.9 Å². The minimum atomic E-state index is -0.168. The first-order valence-corrected chi connectivity index (χ1v) is 7.73. The van der Waals surface area contributed by atoms with Crippen LogP contribution in [0.4, 0.5) is 0 Å². The molecule has 3 unspecified atom stereocenters. The smallest absolute Gasteiger partial charge is 0.223 e. The zero-order chi connectivity index (χ0) is 12.5. The van der Waals surface area contributed by atoms with Crippen LogP contribution in [0.2, 0.25) is 0 Å². The SMILES string of the molecule is O=C(CC1CC1)N1CCCC1C1CCCCC1O. The van der Waals surface area contributed by atoms with Crippen LogP contribution in [0.1, 0.15) is 57.8 Å². The summed E-state index contributed by atoms with van der Waals surface area (Å²) in [4.78, 5) is 14.4. The molecule has 3 heteroatoms. The molecule has 1 aliphatic heterocycles. The zero-order valence-electron chi connectivity index (χ0n) is 11.2. The van der Waals surface area contributed by atoms with Gasteiger partial charge in [0.1, 0.15) is 0 Å². The highest BCUT2D eigenvalue weighted by Crippen LogP contribution is 2.37. The highest BCUT2D eigenvalue weighted by molar-refractivity contribution is 5.77. The van der Waals surface area contributed by atoms with Crippen molar-refractivity contribution in [3.05, 3.63) is 0 Å². The molecule has 3 atom stereocenters. The molecule has 1 saturated heterocycles. The van der Waals surface area contributed by atoms with Gasteiger partial charge in [0.15, 0.2) is 0 Å². The topological polar surface area (TPSA) is 40.5 Å². The highest BCUT2D eigenvalue weighted by atomic mass is 16.3. The third-order valence-corrected chi connectivity index (χ3v) is 5.06. The van der Waals surface area contributed by atoms with Gasteiger partial charge < -0.3 is 10.0 Å². The van der Waals surface area contributed by atoms with E-state index in [1.165, 1.54) is 19.3 Å². The molecule has 0 bridgehead atoms. The van der Waals surface area contributed by atoms with Gasteiger partial charge in [-0.2, -0.15) is 0 Å². The molecule has 102 valence electrons. The molecule has 0 aromatic carbocycles. The summed E-state index contributed by atoms with van der Waals surface area (Å²) >= 11 is 0. The predicted molar refractivity (Wildman–Crippen MR) is 70.0 cm³/mol. The van der Waals surface area contributed by atoms with Crippen LogP contribution >= 0.6 is 0 Å². The molecule has 0 radical (unpaired) electrons. The lowest BCUT2D eigenvalue weighted by molar-refractivity contribution is -0.134. The van der Waals surface area contributed by atoms with Gasteiger partial charge in [-0.05, 0) is 44.4 Å². The van der Waals surface area contributed by atoms with Crippen molar-refractivity contribution in [1.82, 2.24) is 4.90 Å². The van der Waals surface area contributed by atoms with E-state index >= 15 is 0 Å². The van der Waals surface area contributed by atoms with Crippen LogP contribution in [0.15, 0.2) is 0 Å². The normalized spacial score (nSPS) is 36.9. The fourth-order valence-electron chi connectivity index (χ4n) is 3.82. The van der Waals surface area contributed by atoms with E-state index in [0.717, 1.165) is 45.1 Å². The van der Waals surface area contributed by atoms with E-state index in [4.69, 9.17) is 0 Å². The summed E-state index contributed by atoms with van der Waals surface area (Å²) in [6.07, 6.45) is 9.75. The number of hydrogen-bond donors (Lipinski definition) is 1. The molecule has 3 aliphatic rings. The maximum Gasteiger partial charge on any atom is 0.223 e. The summed E-state index contributed by atoms with van der Waals surface area (Å²) < 4.78 is 0. The quantitative estimate of drug-likeness (QED) is 0.836.